The molecule has 17 heavy (non-hydrogen) atoms. The second-order valence-electron chi connectivity index (χ2n) is 3.17. The van der Waals surface area contributed by atoms with Gasteiger partial charge in [0.15, 0.2) is 0 Å². The van der Waals surface area contributed by atoms with Crippen LogP contribution in [0.25, 0.3) is 0 Å². The Kier molecular flexibility index (Phi) is 4.58. The number of nitrogens with one attached hydrogen (secondary N) is 1. The van der Waals surface area contributed by atoms with Crippen LogP contribution in [0.5, 0.6) is 0 Å². The van der Waals surface area contributed by atoms with Crippen LogP contribution in [0.3, 0.4) is 0 Å². The fraction of sp³-hybridized carbons (Fsp3) is 0.333. The zero-order chi connectivity index (χ0) is 12.8. The highest BCUT2D eigenvalue weighted by Gasteiger charge is 2.22. The quantitative estimate of drug-likeness (QED) is 0.670. The van der Waals surface area contributed by atoms with Crippen LogP contribution in [0.1, 0.15) is 23.3 Å². The highest BCUT2D eigenvalue weighted by atomic mass is 32.1. The number of carbonyl (C=O) groups is 3. The van der Waals surface area contributed by atoms with Gasteiger partial charge in [0.1, 0.15) is 11.7 Å². The van der Waals surface area contributed by atoms with Crippen molar-refractivity contribution in [3.63, 3.8) is 0 Å². The van der Waals surface area contributed by atoms with E-state index in [4.69, 9.17) is 10.2 Å². The average Bonchev–Trinajstić information content (AvgIpc) is 2.76. The lowest BCUT2D eigenvalue weighted by Gasteiger charge is -2.12. The van der Waals surface area contributed by atoms with Crippen molar-refractivity contribution >= 4 is 29.2 Å². The molecule has 1 amide bonds. The van der Waals surface area contributed by atoms with E-state index in [1.54, 1.807) is 0 Å². The number of hydrogen-bond acceptors (Lipinski definition) is 5. The van der Waals surface area contributed by atoms with Crippen LogP contribution in [0, 0.1) is 0 Å². The third-order valence-electron chi connectivity index (χ3n) is 1.92. The van der Waals surface area contributed by atoms with Gasteiger partial charge in [-0.3, -0.25) is 9.59 Å². The summed E-state index contributed by atoms with van der Waals surface area (Å²) >= 11 is 1.21. The SMILES string of the molecule is O=C(O)CC[C@H](NC(=O)c1cscn1)C(=O)O. The number of aliphatic carboxylic acids is 2. The molecule has 0 saturated carbocycles. The maximum absolute atomic E-state index is 11.5. The molecule has 1 atom stereocenters. The van der Waals surface area contributed by atoms with Crippen LogP contribution in [-0.4, -0.2) is 39.1 Å². The van der Waals surface area contributed by atoms with Gasteiger partial charge in [0.05, 0.1) is 5.51 Å². The van der Waals surface area contributed by atoms with E-state index in [1.165, 1.54) is 22.2 Å². The molecule has 0 bridgehead atoms. The Morgan fingerprint density at radius 3 is 2.59 bits per heavy atom. The summed E-state index contributed by atoms with van der Waals surface area (Å²) in [4.78, 5) is 36.3. The average molecular weight is 258 g/mol. The lowest BCUT2D eigenvalue weighted by atomic mass is 10.1. The maximum Gasteiger partial charge on any atom is 0.326 e. The predicted molar refractivity (Wildman–Crippen MR) is 57.9 cm³/mol. The van der Waals surface area contributed by atoms with Gasteiger partial charge in [-0.2, -0.15) is 0 Å². The standard InChI is InChI=1S/C9H10N2O5S/c12-7(13)2-1-5(9(15)16)11-8(14)6-3-17-4-10-6/h3-5H,1-2H2,(H,11,14)(H,12,13)(H,15,16)/t5-/m0/s1. The summed E-state index contributed by atoms with van der Waals surface area (Å²) < 4.78 is 0. The van der Waals surface area contributed by atoms with Gasteiger partial charge in [-0.1, -0.05) is 0 Å². The summed E-state index contributed by atoms with van der Waals surface area (Å²) in [7, 11) is 0. The molecule has 0 aliphatic carbocycles. The molecule has 3 N–H and O–H groups in total. The number of rotatable bonds is 6. The maximum atomic E-state index is 11.5. The van der Waals surface area contributed by atoms with E-state index in [1.807, 2.05) is 0 Å². The lowest BCUT2D eigenvalue weighted by Crippen LogP contribution is -2.41. The summed E-state index contributed by atoms with van der Waals surface area (Å²) in [6, 6.07) is -1.22. The number of carboxylic acids is 2. The van der Waals surface area contributed by atoms with E-state index in [9.17, 15) is 14.4 Å². The Labute approximate surface area is 100 Å². The van der Waals surface area contributed by atoms with Crippen LogP contribution < -0.4 is 5.32 Å². The second kappa shape index (κ2) is 5.94. The van der Waals surface area contributed by atoms with E-state index in [-0.39, 0.29) is 18.5 Å². The first kappa shape index (κ1) is 13.1. The molecular weight excluding hydrogens is 248 g/mol. The van der Waals surface area contributed by atoms with Gasteiger partial charge in [0, 0.05) is 11.8 Å². The van der Waals surface area contributed by atoms with Crippen LogP contribution >= 0.6 is 11.3 Å². The Balaban J connectivity index is 2.58. The Morgan fingerprint density at radius 2 is 2.12 bits per heavy atom. The molecule has 0 spiro atoms. The second-order valence-corrected chi connectivity index (χ2v) is 3.89. The van der Waals surface area contributed by atoms with Crippen molar-refractivity contribution in [3.05, 3.63) is 16.6 Å². The fourth-order valence-corrected chi connectivity index (χ4v) is 1.61. The number of amides is 1. The van der Waals surface area contributed by atoms with Crippen LogP contribution in [-0.2, 0) is 9.59 Å². The normalized spacial score (nSPS) is 11.8. The molecule has 0 radical (unpaired) electrons. The first-order valence-electron chi connectivity index (χ1n) is 4.64. The largest absolute Gasteiger partial charge is 0.481 e. The van der Waals surface area contributed by atoms with E-state index in [2.05, 4.69) is 10.3 Å². The van der Waals surface area contributed by atoms with Gasteiger partial charge in [-0.05, 0) is 6.42 Å². The van der Waals surface area contributed by atoms with Crippen molar-refractivity contribution in [2.24, 2.45) is 0 Å². The smallest absolute Gasteiger partial charge is 0.326 e. The Hall–Kier alpha value is -1.96. The number of thiazole rings is 1. The van der Waals surface area contributed by atoms with Crippen LogP contribution in [0.2, 0.25) is 0 Å². The number of carbonyl (C=O) groups excluding carboxylic acids is 1. The summed E-state index contributed by atoms with van der Waals surface area (Å²) in [6.45, 7) is 0. The number of nitrogens with zero attached hydrogens (tertiary/aromatic N) is 1. The summed E-state index contributed by atoms with van der Waals surface area (Å²) in [5, 5.41) is 20.9. The van der Waals surface area contributed by atoms with Crippen molar-refractivity contribution in [1.29, 1.82) is 0 Å². The van der Waals surface area contributed by atoms with Crippen molar-refractivity contribution in [1.82, 2.24) is 10.3 Å². The highest BCUT2D eigenvalue weighted by Crippen LogP contribution is 2.03. The highest BCUT2D eigenvalue weighted by molar-refractivity contribution is 7.07. The van der Waals surface area contributed by atoms with Gasteiger partial charge in [0.25, 0.3) is 5.91 Å². The van der Waals surface area contributed by atoms with Crippen LogP contribution in [0.15, 0.2) is 10.9 Å². The van der Waals surface area contributed by atoms with E-state index in [0.717, 1.165) is 0 Å². The van der Waals surface area contributed by atoms with Gasteiger partial charge in [-0.15, -0.1) is 11.3 Å². The van der Waals surface area contributed by atoms with Crippen molar-refractivity contribution < 1.29 is 24.6 Å². The minimum Gasteiger partial charge on any atom is -0.481 e. The molecule has 92 valence electrons. The minimum atomic E-state index is -1.27. The molecule has 0 fully saturated rings. The molecule has 0 aromatic carbocycles. The van der Waals surface area contributed by atoms with Crippen molar-refractivity contribution in [2.75, 3.05) is 0 Å². The van der Waals surface area contributed by atoms with E-state index in [0.29, 0.717) is 0 Å². The molecular formula is C9H10N2O5S. The molecule has 0 unspecified atom stereocenters. The topological polar surface area (TPSA) is 117 Å². The Bertz CT molecular complexity index is 417. The first-order valence-corrected chi connectivity index (χ1v) is 5.58. The molecule has 0 aliphatic heterocycles. The Morgan fingerprint density at radius 1 is 1.41 bits per heavy atom. The molecule has 1 rings (SSSR count). The first-order chi connectivity index (χ1) is 8.00. The summed E-state index contributed by atoms with van der Waals surface area (Å²) in [5.74, 6) is -3.00. The van der Waals surface area contributed by atoms with Crippen LogP contribution in [0.4, 0.5) is 0 Å². The van der Waals surface area contributed by atoms with Crippen molar-refractivity contribution in [2.45, 2.75) is 18.9 Å². The monoisotopic (exact) mass is 258 g/mol. The molecule has 1 aromatic rings. The van der Waals surface area contributed by atoms with E-state index >= 15 is 0 Å². The lowest BCUT2D eigenvalue weighted by molar-refractivity contribution is -0.140. The summed E-state index contributed by atoms with van der Waals surface area (Å²) in [6.07, 6.45) is -0.491. The third-order valence-corrected chi connectivity index (χ3v) is 2.50. The molecule has 0 aliphatic rings. The molecule has 7 nitrogen and oxygen atoms in total. The third kappa shape index (κ3) is 4.19. The van der Waals surface area contributed by atoms with Gasteiger partial charge in [0.2, 0.25) is 0 Å². The van der Waals surface area contributed by atoms with E-state index < -0.39 is 23.9 Å². The van der Waals surface area contributed by atoms with Gasteiger partial charge in [-0.25, -0.2) is 9.78 Å². The zero-order valence-electron chi connectivity index (χ0n) is 8.62. The molecule has 1 aromatic heterocycles. The number of hydrogen-bond donors (Lipinski definition) is 3. The predicted octanol–water partition coefficient (Wildman–Crippen LogP) is 0.191. The fourth-order valence-electron chi connectivity index (χ4n) is 1.08. The van der Waals surface area contributed by atoms with Crippen molar-refractivity contribution in [3.8, 4) is 0 Å². The van der Waals surface area contributed by atoms with Gasteiger partial charge < -0.3 is 15.5 Å². The van der Waals surface area contributed by atoms with Gasteiger partial charge >= 0.3 is 11.9 Å². The zero-order valence-corrected chi connectivity index (χ0v) is 9.44. The minimum absolute atomic E-state index is 0.122. The molecule has 1 heterocycles. The number of aromatic nitrogens is 1. The molecule has 8 heteroatoms. The summed E-state index contributed by atoms with van der Waals surface area (Å²) in [5.41, 5.74) is 1.57. The number of carboxylic acid groups (broad SMARTS) is 2. The molecule has 0 saturated heterocycles.